The molecule has 0 amide bonds. The van der Waals surface area contributed by atoms with Crippen molar-refractivity contribution in [3.63, 3.8) is 0 Å². The van der Waals surface area contributed by atoms with E-state index in [2.05, 4.69) is 21.4 Å². The van der Waals surface area contributed by atoms with Gasteiger partial charge in [0.15, 0.2) is 5.16 Å². The van der Waals surface area contributed by atoms with Crippen molar-refractivity contribution in [1.82, 2.24) is 15.3 Å². The molecule has 1 aromatic carbocycles. The lowest BCUT2D eigenvalue weighted by atomic mass is 10.0. The molecule has 6 heteroatoms. The third kappa shape index (κ3) is 2.65. The van der Waals surface area contributed by atoms with Gasteiger partial charge in [-0.25, -0.2) is 4.98 Å². The summed E-state index contributed by atoms with van der Waals surface area (Å²) in [4.78, 5) is 7.77. The molecule has 2 N–H and O–H groups in total. The maximum absolute atomic E-state index is 13.3. The maximum Gasteiger partial charge on any atom is 0.198 e. The Morgan fingerprint density at radius 2 is 2.17 bits per heavy atom. The largest absolute Gasteiger partial charge is 0.497 e. The van der Waals surface area contributed by atoms with Crippen LogP contribution in [0, 0.1) is 0 Å². The quantitative estimate of drug-likeness (QED) is 0.899. The number of nitrogens with zero attached hydrogens (tertiary/aromatic N) is 1. The summed E-state index contributed by atoms with van der Waals surface area (Å²) in [5.74, 6) is 0.928. The fourth-order valence-electron chi connectivity index (χ4n) is 3.54. The molecule has 1 aromatic heterocycles. The number of imidazole rings is 1. The molecule has 2 atom stereocenters. The van der Waals surface area contributed by atoms with Crippen LogP contribution in [0.25, 0.3) is 11.0 Å². The van der Waals surface area contributed by atoms with Crippen LogP contribution in [0.5, 0.6) is 0 Å². The molecule has 24 heavy (non-hydrogen) atoms. The monoisotopic (exact) mass is 343 g/mol. The molecule has 0 bridgehead atoms. The van der Waals surface area contributed by atoms with Gasteiger partial charge >= 0.3 is 0 Å². The first-order chi connectivity index (χ1) is 11.8. The molecule has 2 aromatic rings. The molecular weight excluding hydrogens is 322 g/mol. The number of para-hydroxylation sites is 2. The number of hydrogen-bond donors (Lipinski definition) is 2. The molecule has 0 fully saturated rings. The molecular formula is C18H21N3O2S. The molecule has 126 valence electrons. The fraction of sp³-hybridized carbons (Fsp3) is 0.389. The van der Waals surface area contributed by atoms with Crippen LogP contribution in [0.1, 0.15) is 25.7 Å². The van der Waals surface area contributed by atoms with E-state index in [1.54, 1.807) is 7.11 Å². The van der Waals surface area contributed by atoms with Crippen LogP contribution < -0.4 is 5.32 Å². The average molecular weight is 343 g/mol. The molecule has 0 saturated heterocycles. The Bertz CT molecular complexity index is 820. The van der Waals surface area contributed by atoms with Crippen LogP contribution in [0.2, 0.25) is 0 Å². The zero-order valence-electron chi connectivity index (χ0n) is 13.7. The lowest BCUT2D eigenvalue weighted by Gasteiger charge is -2.25. The van der Waals surface area contributed by atoms with Gasteiger partial charge in [-0.3, -0.25) is 4.21 Å². The number of ether oxygens (including phenoxy) is 1. The number of dihydropyridines is 1. The predicted molar refractivity (Wildman–Crippen MR) is 94.9 cm³/mol. The third-order valence-corrected chi connectivity index (χ3v) is 6.27. The number of rotatable bonds is 3. The Balaban J connectivity index is 1.73. The maximum atomic E-state index is 13.3. The van der Waals surface area contributed by atoms with Crippen molar-refractivity contribution in [2.45, 2.75) is 36.1 Å². The van der Waals surface area contributed by atoms with Crippen molar-refractivity contribution in [2.75, 3.05) is 13.7 Å². The molecule has 0 saturated carbocycles. The molecule has 1 aliphatic heterocycles. The highest BCUT2D eigenvalue weighted by molar-refractivity contribution is 7.85. The summed E-state index contributed by atoms with van der Waals surface area (Å²) in [5.41, 5.74) is 4.04. The molecule has 1 aliphatic carbocycles. The van der Waals surface area contributed by atoms with Crippen LogP contribution in [0.3, 0.4) is 0 Å². The van der Waals surface area contributed by atoms with E-state index >= 15 is 0 Å². The number of aromatic nitrogens is 2. The van der Waals surface area contributed by atoms with E-state index in [4.69, 9.17) is 4.74 Å². The van der Waals surface area contributed by atoms with Crippen LogP contribution in [-0.4, -0.2) is 33.1 Å². The van der Waals surface area contributed by atoms with Gasteiger partial charge in [0, 0.05) is 17.8 Å². The van der Waals surface area contributed by atoms with Crippen molar-refractivity contribution in [3.05, 3.63) is 47.4 Å². The first-order valence-electron chi connectivity index (χ1n) is 8.34. The van der Waals surface area contributed by atoms with E-state index in [9.17, 15) is 4.21 Å². The van der Waals surface area contributed by atoms with Gasteiger partial charge in [-0.15, -0.1) is 0 Å². The standard InChI is InChI=1S/C18H21N3O2S/c1-23-15-10-11-19-17-12(15)6-2-5-9-16(17)24(22)18-20-13-7-3-4-8-14(13)21-18/h3-4,7-8,10,16,19H,2,5-6,9,11H2,1H3,(H,20,21). The first-order valence-corrected chi connectivity index (χ1v) is 9.56. The Morgan fingerprint density at radius 3 is 3.00 bits per heavy atom. The number of methoxy groups -OCH3 is 1. The van der Waals surface area contributed by atoms with E-state index in [0.29, 0.717) is 5.16 Å². The lowest BCUT2D eigenvalue weighted by molar-refractivity contribution is 0.293. The Hall–Kier alpha value is -2.08. The summed E-state index contributed by atoms with van der Waals surface area (Å²) in [6.07, 6.45) is 6.07. The number of H-pyrrole nitrogens is 1. The highest BCUT2D eigenvalue weighted by Gasteiger charge is 2.31. The summed E-state index contributed by atoms with van der Waals surface area (Å²) in [6.45, 7) is 0.718. The molecule has 4 rings (SSSR count). The smallest absolute Gasteiger partial charge is 0.198 e. The zero-order chi connectivity index (χ0) is 16.5. The number of fused-ring (bicyclic) bond motifs is 1. The minimum Gasteiger partial charge on any atom is -0.497 e. The Kier molecular flexibility index (Phi) is 4.14. The number of benzene rings is 1. The van der Waals surface area contributed by atoms with Crippen molar-refractivity contribution in [3.8, 4) is 0 Å². The second kappa shape index (κ2) is 6.43. The van der Waals surface area contributed by atoms with Crippen LogP contribution in [0.15, 0.2) is 52.5 Å². The zero-order valence-corrected chi connectivity index (χ0v) is 14.5. The second-order valence-electron chi connectivity index (χ2n) is 6.14. The van der Waals surface area contributed by atoms with Gasteiger partial charge in [-0.2, -0.15) is 0 Å². The summed E-state index contributed by atoms with van der Waals surface area (Å²) < 4.78 is 18.8. The molecule has 0 spiro atoms. The molecule has 5 nitrogen and oxygen atoms in total. The van der Waals surface area contributed by atoms with E-state index in [0.717, 1.165) is 54.7 Å². The highest BCUT2D eigenvalue weighted by Crippen LogP contribution is 2.33. The normalized spacial score (nSPS) is 22.4. The van der Waals surface area contributed by atoms with Gasteiger partial charge in [0.25, 0.3) is 0 Å². The number of nitrogens with one attached hydrogen (secondary N) is 2. The Labute approximate surface area is 143 Å². The van der Waals surface area contributed by atoms with E-state index < -0.39 is 10.8 Å². The minimum atomic E-state index is -1.22. The number of allylic oxidation sites excluding steroid dienone is 1. The SMILES string of the molecule is COC1=CCNC2=C1CCCCC2S(=O)c1nc2ccccc2[nH]1. The van der Waals surface area contributed by atoms with E-state index in [1.807, 2.05) is 24.3 Å². The summed E-state index contributed by atoms with van der Waals surface area (Å²) in [6, 6.07) is 7.80. The van der Waals surface area contributed by atoms with Crippen molar-refractivity contribution < 1.29 is 8.95 Å². The highest BCUT2D eigenvalue weighted by atomic mass is 32.2. The molecule has 2 heterocycles. The van der Waals surface area contributed by atoms with Gasteiger partial charge in [-0.1, -0.05) is 18.6 Å². The van der Waals surface area contributed by atoms with Gasteiger partial charge in [0.05, 0.1) is 34.2 Å². The number of hydrogen-bond acceptors (Lipinski definition) is 4. The molecule has 2 unspecified atom stereocenters. The first kappa shape index (κ1) is 15.4. The number of aromatic amines is 1. The van der Waals surface area contributed by atoms with Crippen molar-refractivity contribution in [1.29, 1.82) is 0 Å². The fourth-order valence-corrected chi connectivity index (χ4v) is 5.03. The summed E-state index contributed by atoms with van der Waals surface area (Å²) >= 11 is 0. The van der Waals surface area contributed by atoms with E-state index in [-0.39, 0.29) is 5.25 Å². The van der Waals surface area contributed by atoms with Gasteiger partial charge < -0.3 is 15.0 Å². The van der Waals surface area contributed by atoms with Crippen LogP contribution in [0.4, 0.5) is 0 Å². The summed E-state index contributed by atoms with van der Waals surface area (Å²) in [5, 5.41) is 3.94. The Morgan fingerprint density at radius 1 is 1.29 bits per heavy atom. The lowest BCUT2D eigenvalue weighted by Crippen LogP contribution is -2.32. The minimum absolute atomic E-state index is 0.0677. The third-order valence-electron chi connectivity index (χ3n) is 4.70. The second-order valence-corrected chi connectivity index (χ2v) is 7.69. The van der Waals surface area contributed by atoms with Crippen molar-refractivity contribution >= 4 is 21.8 Å². The van der Waals surface area contributed by atoms with Gasteiger partial charge in [0.2, 0.25) is 0 Å². The van der Waals surface area contributed by atoms with Gasteiger partial charge in [0.1, 0.15) is 5.76 Å². The molecule has 2 aliphatic rings. The van der Waals surface area contributed by atoms with Crippen molar-refractivity contribution in [2.24, 2.45) is 0 Å². The topological polar surface area (TPSA) is 67.0 Å². The van der Waals surface area contributed by atoms with Crippen LogP contribution in [-0.2, 0) is 15.5 Å². The summed E-state index contributed by atoms with van der Waals surface area (Å²) in [7, 11) is 0.488. The average Bonchev–Trinajstić information content (AvgIpc) is 2.93. The van der Waals surface area contributed by atoms with Gasteiger partial charge in [-0.05, 0) is 37.5 Å². The predicted octanol–water partition coefficient (Wildman–Crippen LogP) is 3.00. The van der Waals surface area contributed by atoms with E-state index in [1.165, 1.54) is 5.57 Å². The van der Waals surface area contributed by atoms with Crippen LogP contribution >= 0.6 is 0 Å². The molecule has 0 radical (unpaired) electrons.